The molecule has 0 aliphatic rings. The summed E-state index contributed by atoms with van der Waals surface area (Å²) in [6.07, 6.45) is 0. The van der Waals surface area contributed by atoms with Crippen LogP contribution in [0.1, 0.15) is 5.56 Å². The van der Waals surface area contributed by atoms with Crippen molar-refractivity contribution in [1.29, 1.82) is 0 Å². The fraction of sp³-hybridized carbons (Fsp3) is 0.0833. The molecule has 0 saturated heterocycles. The normalized spacial score (nSPS) is 10.9. The summed E-state index contributed by atoms with van der Waals surface area (Å²) in [6, 6.07) is 7.64. The molecule has 4 nitrogen and oxygen atoms in total. The molecule has 0 atom stereocenters. The van der Waals surface area contributed by atoms with Crippen molar-refractivity contribution in [3.8, 4) is 11.4 Å². The number of rotatable bonds is 1. The van der Waals surface area contributed by atoms with Gasteiger partial charge < -0.3 is 5.73 Å². The minimum absolute atomic E-state index is 0.526. The van der Waals surface area contributed by atoms with Crippen molar-refractivity contribution in [3.05, 3.63) is 35.2 Å². The Morgan fingerprint density at radius 3 is 2.76 bits per heavy atom. The number of anilines is 1. The zero-order chi connectivity index (χ0) is 11.8. The highest BCUT2D eigenvalue weighted by molar-refractivity contribution is 7.03. The first kappa shape index (κ1) is 10.2. The SMILES string of the molecule is Cc1cc(N)nc2ccc(-c3ccsn3)nc12. The molecule has 0 spiro atoms. The number of aromatic nitrogens is 3. The highest BCUT2D eigenvalue weighted by atomic mass is 32.1. The Balaban J connectivity index is 2.26. The van der Waals surface area contributed by atoms with Gasteiger partial charge in [0.05, 0.1) is 16.7 Å². The quantitative estimate of drug-likeness (QED) is 0.712. The first-order chi connectivity index (χ1) is 8.24. The zero-order valence-electron chi connectivity index (χ0n) is 9.21. The van der Waals surface area contributed by atoms with E-state index in [1.165, 1.54) is 11.5 Å². The first-order valence-corrected chi connectivity index (χ1v) is 6.02. The number of fused-ring (bicyclic) bond motifs is 1. The molecule has 0 unspecified atom stereocenters. The van der Waals surface area contributed by atoms with Crippen molar-refractivity contribution in [2.75, 3.05) is 5.73 Å². The minimum atomic E-state index is 0.526. The summed E-state index contributed by atoms with van der Waals surface area (Å²) in [4.78, 5) is 8.84. The maximum absolute atomic E-state index is 5.71. The second-order valence-corrected chi connectivity index (χ2v) is 4.48. The van der Waals surface area contributed by atoms with Gasteiger partial charge in [0.25, 0.3) is 0 Å². The molecule has 0 saturated carbocycles. The summed E-state index contributed by atoms with van der Waals surface area (Å²) in [5, 5.41) is 1.94. The number of nitrogens with two attached hydrogens (primary N) is 1. The predicted molar refractivity (Wildman–Crippen MR) is 69.8 cm³/mol. The smallest absolute Gasteiger partial charge is 0.124 e. The molecule has 17 heavy (non-hydrogen) atoms. The molecule has 0 aliphatic carbocycles. The van der Waals surface area contributed by atoms with Crippen LogP contribution in [0.25, 0.3) is 22.4 Å². The van der Waals surface area contributed by atoms with Gasteiger partial charge in [-0.05, 0) is 48.3 Å². The molecule has 3 rings (SSSR count). The Hall–Kier alpha value is -2.01. The largest absolute Gasteiger partial charge is 0.384 e. The van der Waals surface area contributed by atoms with Gasteiger partial charge >= 0.3 is 0 Å². The highest BCUT2D eigenvalue weighted by Crippen LogP contribution is 2.22. The van der Waals surface area contributed by atoms with E-state index >= 15 is 0 Å². The summed E-state index contributed by atoms with van der Waals surface area (Å²) in [5.41, 5.74) is 10.2. The molecular formula is C12H10N4S. The highest BCUT2D eigenvalue weighted by Gasteiger charge is 2.06. The lowest BCUT2D eigenvalue weighted by Crippen LogP contribution is -1.95. The van der Waals surface area contributed by atoms with E-state index in [-0.39, 0.29) is 0 Å². The van der Waals surface area contributed by atoms with Crippen LogP contribution in [0.15, 0.2) is 29.6 Å². The maximum Gasteiger partial charge on any atom is 0.124 e. The molecule has 3 aromatic heterocycles. The Kier molecular flexibility index (Phi) is 2.26. The van der Waals surface area contributed by atoms with E-state index in [0.29, 0.717) is 5.82 Å². The minimum Gasteiger partial charge on any atom is -0.384 e. The number of aryl methyl sites for hydroxylation is 1. The summed E-state index contributed by atoms with van der Waals surface area (Å²) < 4.78 is 4.27. The maximum atomic E-state index is 5.71. The molecular weight excluding hydrogens is 232 g/mol. The number of hydrogen-bond acceptors (Lipinski definition) is 5. The van der Waals surface area contributed by atoms with Crippen molar-refractivity contribution < 1.29 is 0 Å². The number of nitrogen functional groups attached to an aromatic ring is 1. The van der Waals surface area contributed by atoms with Crippen LogP contribution < -0.4 is 5.73 Å². The Bertz CT molecular complexity index is 676. The molecule has 2 N–H and O–H groups in total. The monoisotopic (exact) mass is 242 g/mol. The summed E-state index contributed by atoms with van der Waals surface area (Å²) in [6.45, 7) is 1.98. The Morgan fingerprint density at radius 1 is 1.12 bits per heavy atom. The van der Waals surface area contributed by atoms with Crippen molar-refractivity contribution in [3.63, 3.8) is 0 Å². The zero-order valence-corrected chi connectivity index (χ0v) is 10.0. The lowest BCUT2D eigenvalue weighted by Gasteiger charge is -2.04. The van der Waals surface area contributed by atoms with Crippen LogP contribution in [-0.2, 0) is 0 Å². The summed E-state index contributed by atoms with van der Waals surface area (Å²) in [7, 11) is 0. The first-order valence-electron chi connectivity index (χ1n) is 5.19. The average Bonchev–Trinajstić information content (AvgIpc) is 2.82. The lowest BCUT2D eigenvalue weighted by molar-refractivity contribution is 1.29. The molecule has 5 heteroatoms. The van der Waals surface area contributed by atoms with Crippen molar-refractivity contribution in [1.82, 2.24) is 14.3 Å². The molecule has 3 aromatic rings. The van der Waals surface area contributed by atoms with Crippen LogP contribution >= 0.6 is 11.5 Å². The molecule has 0 aromatic carbocycles. The van der Waals surface area contributed by atoms with Crippen LogP contribution in [-0.4, -0.2) is 14.3 Å². The van der Waals surface area contributed by atoms with Gasteiger partial charge in [-0.3, -0.25) is 0 Å². The van der Waals surface area contributed by atoms with E-state index in [1.807, 2.05) is 36.6 Å². The molecule has 3 heterocycles. The van der Waals surface area contributed by atoms with Gasteiger partial charge in [0.2, 0.25) is 0 Å². The number of nitrogens with zero attached hydrogens (tertiary/aromatic N) is 3. The molecule has 0 fully saturated rings. The van der Waals surface area contributed by atoms with E-state index in [9.17, 15) is 0 Å². The van der Waals surface area contributed by atoms with Crippen molar-refractivity contribution >= 4 is 28.4 Å². The number of hydrogen-bond donors (Lipinski definition) is 1. The second-order valence-electron chi connectivity index (χ2n) is 3.81. The summed E-state index contributed by atoms with van der Waals surface area (Å²) >= 11 is 1.42. The van der Waals surface area contributed by atoms with Gasteiger partial charge in [0.1, 0.15) is 11.5 Å². The fourth-order valence-corrected chi connectivity index (χ4v) is 2.30. The third kappa shape index (κ3) is 1.74. The van der Waals surface area contributed by atoms with E-state index in [4.69, 9.17) is 5.73 Å². The molecule has 0 bridgehead atoms. The molecule has 0 aliphatic heterocycles. The summed E-state index contributed by atoms with van der Waals surface area (Å²) in [5.74, 6) is 0.526. The molecule has 0 radical (unpaired) electrons. The van der Waals surface area contributed by atoms with Gasteiger partial charge in [0, 0.05) is 5.38 Å². The van der Waals surface area contributed by atoms with Crippen molar-refractivity contribution in [2.45, 2.75) is 6.92 Å². The van der Waals surface area contributed by atoms with Crippen molar-refractivity contribution in [2.24, 2.45) is 0 Å². The average molecular weight is 242 g/mol. The second kappa shape index (κ2) is 3.78. The standard InChI is InChI=1S/C12H10N4S/c1-7-6-11(13)14-10-3-2-8(15-12(7)10)9-4-5-17-16-9/h2-6H,1H3,(H2,13,14). The van der Waals surface area contributed by atoms with Gasteiger partial charge in [0.15, 0.2) is 0 Å². The topological polar surface area (TPSA) is 64.7 Å². The van der Waals surface area contributed by atoms with E-state index < -0.39 is 0 Å². The van der Waals surface area contributed by atoms with Crippen LogP contribution in [0.3, 0.4) is 0 Å². The van der Waals surface area contributed by atoms with E-state index in [2.05, 4.69) is 14.3 Å². The Labute approximate surface area is 102 Å². The van der Waals surface area contributed by atoms with Gasteiger partial charge in [-0.1, -0.05) is 0 Å². The molecule has 0 amide bonds. The van der Waals surface area contributed by atoms with Gasteiger partial charge in [-0.2, -0.15) is 4.37 Å². The van der Waals surface area contributed by atoms with Crippen LogP contribution in [0, 0.1) is 6.92 Å². The van der Waals surface area contributed by atoms with Gasteiger partial charge in [-0.25, -0.2) is 9.97 Å². The molecule has 84 valence electrons. The van der Waals surface area contributed by atoms with Crippen LogP contribution in [0.2, 0.25) is 0 Å². The van der Waals surface area contributed by atoms with E-state index in [0.717, 1.165) is 28.0 Å². The van der Waals surface area contributed by atoms with Crippen LogP contribution in [0.4, 0.5) is 5.82 Å². The fourth-order valence-electron chi connectivity index (χ4n) is 1.78. The van der Waals surface area contributed by atoms with Gasteiger partial charge in [-0.15, -0.1) is 0 Å². The lowest BCUT2D eigenvalue weighted by atomic mass is 10.2. The number of pyridine rings is 2. The van der Waals surface area contributed by atoms with E-state index in [1.54, 1.807) is 0 Å². The predicted octanol–water partition coefficient (Wildman–Crippen LogP) is 2.64. The third-order valence-electron chi connectivity index (χ3n) is 2.56. The third-order valence-corrected chi connectivity index (χ3v) is 3.12. The van der Waals surface area contributed by atoms with Crippen LogP contribution in [0.5, 0.6) is 0 Å². The Morgan fingerprint density at radius 2 is 2.00 bits per heavy atom.